The maximum absolute atomic E-state index is 13.8. The SMILES string of the molecule is C.COc1ccc(C2=CCC(C)CC2)c(F)c1F. The molecular weight excluding hydrogens is 234 g/mol. The van der Waals surface area contributed by atoms with E-state index >= 15 is 0 Å². The minimum atomic E-state index is -0.899. The lowest BCUT2D eigenvalue weighted by molar-refractivity contribution is 0.371. The Morgan fingerprint density at radius 1 is 1.22 bits per heavy atom. The summed E-state index contributed by atoms with van der Waals surface area (Å²) >= 11 is 0. The summed E-state index contributed by atoms with van der Waals surface area (Å²) in [5.41, 5.74) is 1.28. The molecule has 1 aromatic carbocycles. The summed E-state index contributed by atoms with van der Waals surface area (Å²) < 4.78 is 32.2. The van der Waals surface area contributed by atoms with Crippen LogP contribution in [-0.4, -0.2) is 7.11 Å². The van der Waals surface area contributed by atoms with Crippen molar-refractivity contribution in [2.45, 2.75) is 33.6 Å². The third kappa shape index (κ3) is 2.71. The maximum Gasteiger partial charge on any atom is 0.201 e. The quantitative estimate of drug-likeness (QED) is 0.735. The minimum Gasteiger partial charge on any atom is -0.494 e. The zero-order chi connectivity index (χ0) is 12.4. The molecule has 2 rings (SSSR count). The van der Waals surface area contributed by atoms with Gasteiger partial charge in [-0.1, -0.05) is 20.4 Å². The average Bonchev–Trinajstić information content (AvgIpc) is 2.34. The van der Waals surface area contributed by atoms with Crippen LogP contribution >= 0.6 is 0 Å². The number of methoxy groups -OCH3 is 1. The molecule has 0 saturated heterocycles. The normalized spacial score (nSPS) is 18.9. The van der Waals surface area contributed by atoms with Gasteiger partial charge in [-0.05, 0) is 42.9 Å². The van der Waals surface area contributed by atoms with Gasteiger partial charge in [0.05, 0.1) is 7.11 Å². The van der Waals surface area contributed by atoms with E-state index in [9.17, 15) is 8.78 Å². The van der Waals surface area contributed by atoms with Gasteiger partial charge in [0.2, 0.25) is 5.82 Å². The van der Waals surface area contributed by atoms with Crippen LogP contribution in [0.25, 0.3) is 5.57 Å². The minimum absolute atomic E-state index is 0. The number of hydrogen-bond acceptors (Lipinski definition) is 1. The van der Waals surface area contributed by atoms with Crippen LogP contribution in [0.15, 0.2) is 18.2 Å². The van der Waals surface area contributed by atoms with E-state index in [4.69, 9.17) is 4.74 Å². The summed E-state index contributed by atoms with van der Waals surface area (Å²) in [4.78, 5) is 0. The highest BCUT2D eigenvalue weighted by molar-refractivity contribution is 5.67. The number of benzene rings is 1. The van der Waals surface area contributed by atoms with Crippen LogP contribution in [0.5, 0.6) is 5.75 Å². The lowest BCUT2D eigenvalue weighted by Gasteiger charge is -2.19. The van der Waals surface area contributed by atoms with E-state index in [0.29, 0.717) is 11.5 Å². The molecule has 3 heteroatoms. The second-order valence-electron chi connectivity index (χ2n) is 4.55. The fraction of sp³-hybridized carbons (Fsp3) is 0.467. The highest BCUT2D eigenvalue weighted by Gasteiger charge is 2.19. The summed E-state index contributed by atoms with van der Waals surface area (Å²) in [7, 11) is 1.33. The smallest absolute Gasteiger partial charge is 0.201 e. The Bertz CT molecular complexity index is 452. The summed E-state index contributed by atoms with van der Waals surface area (Å²) in [6, 6.07) is 3.08. The second-order valence-corrected chi connectivity index (χ2v) is 4.55. The molecule has 100 valence electrons. The number of halogens is 2. The van der Waals surface area contributed by atoms with Crippen molar-refractivity contribution in [1.82, 2.24) is 0 Å². The molecule has 0 heterocycles. The number of allylic oxidation sites excluding steroid dienone is 2. The largest absolute Gasteiger partial charge is 0.494 e. The molecule has 0 saturated carbocycles. The van der Waals surface area contributed by atoms with Crippen LogP contribution in [-0.2, 0) is 0 Å². The summed E-state index contributed by atoms with van der Waals surface area (Å²) in [5.74, 6) is -1.12. The first kappa shape index (κ1) is 14.7. The molecule has 1 aromatic rings. The van der Waals surface area contributed by atoms with Gasteiger partial charge in [-0.3, -0.25) is 0 Å². The summed E-state index contributed by atoms with van der Waals surface area (Å²) in [6.45, 7) is 2.16. The van der Waals surface area contributed by atoms with Crippen LogP contribution < -0.4 is 4.74 Å². The lowest BCUT2D eigenvalue weighted by atomic mass is 9.87. The van der Waals surface area contributed by atoms with Crippen molar-refractivity contribution < 1.29 is 13.5 Å². The Balaban J connectivity index is 0.00000162. The van der Waals surface area contributed by atoms with Crippen molar-refractivity contribution in [2.75, 3.05) is 7.11 Å². The van der Waals surface area contributed by atoms with Crippen LogP contribution in [0.2, 0.25) is 0 Å². The van der Waals surface area contributed by atoms with E-state index in [1.54, 1.807) is 6.07 Å². The van der Waals surface area contributed by atoms with Gasteiger partial charge in [0.25, 0.3) is 0 Å². The molecule has 0 radical (unpaired) electrons. The monoisotopic (exact) mass is 254 g/mol. The molecule has 0 amide bonds. The zero-order valence-electron chi connectivity index (χ0n) is 10.1. The van der Waals surface area contributed by atoms with E-state index in [2.05, 4.69) is 6.92 Å². The molecule has 0 aromatic heterocycles. The van der Waals surface area contributed by atoms with E-state index in [1.165, 1.54) is 13.2 Å². The third-order valence-corrected chi connectivity index (χ3v) is 3.29. The van der Waals surface area contributed by atoms with Gasteiger partial charge < -0.3 is 4.74 Å². The molecule has 0 spiro atoms. The Hall–Kier alpha value is -1.38. The Kier molecular flexibility index (Phi) is 4.88. The van der Waals surface area contributed by atoms with Crippen LogP contribution in [0, 0.1) is 17.6 Å². The van der Waals surface area contributed by atoms with Gasteiger partial charge in [0, 0.05) is 5.56 Å². The molecule has 0 fully saturated rings. The summed E-state index contributed by atoms with van der Waals surface area (Å²) in [5, 5.41) is 0. The maximum atomic E-state index is 13.8. The number of rotatable bonds is 2. The van der Waals surface area contributed by atoms with Crippen molar-refractivity contribution in [3.8, 4) is 5.75 Å². The van der Waals surface area contributed by atoms with Gasteiger partial charge >= 0.3 is 0 Å². The first-order chi connectivity index (χ1) is 8.13. The highest BCUT2D eigenvalue weighted by atomic mass is 19.2. The van der Waals surface area contributed by atoms with Crippen LogP contribution in [0.4, 0.5) is 8.78 Å². The van der Waals surface area contributed by atoms with Crippen molar-refractivity contribution in [2.24, 2.45) is 5.92 Å². The number of hydrogen-bond donors (Lipinski definition) is 0. The summed E-state index contributed by atoms with van der Waals surface area (Å²) in [6.07, 6.45) is 4.78. The molecule has 1 nitrogen and oxygen atoms in total. The number of ether oxygens (including phenoxy) is 1. The van der Waals surface area contributed by atoms with Crippen molar-refractivity contribution in [1.29, 1.82) is 0 Å². The van der Waals surface area contributed by atoms with Crippen LogP contribution in [0.1, 0.15) is 39.2 Å². The molecule has 1 aliphatic rings. The molecule has 18 heavy (non-hydrogen) atoms. The highest BCUT2D eigenvalue weighted by Crippen LogP contribution is 2.33. The molecule has 0 bridgehead atoms. The first-order valence-electron chi connectivity index (χ1n) is 5.85. The second kappa shape index (κ2) is 5.98. The lowest BCUT2D eigenvalue weighted by Crippen LogP contribution is -2.04. The zero-order valence-corrected chi connectivity index (χ0v) is 10.1. The van der Waals surface area contributed by atoms with E-state index in [-0.39, 0.29) is 13.2 Å². The molecule has 1 aliphatic carbocycles. The van der Waals surface area contributed by atoms with Crippen LogP contribution in [0.3, 0.4) is 0 Å². The van der Waals surface area contributed by atoms with Crippen molar-refractivity contribution in [3.63, 3.8) is 0 Å². The standard InChI is InChI=1S/C14H16F2O.CH4/c1-9-3-5-10(6-4-9)11-7-8-12(17-2)14(16)13(11)15;/h5,7-9H,3-4,6H2,1-2H3;1H4. The van der Waals surface area contributed by atoms with Gasteiger partial charge in [0.1, 0.15) is 0 Å². The van der Waals surface area contributed by atoms with Crippen molar-refractivity contribution >= 4 is 5.57 Å². The molecule has 0 N–H and O–H groups in total. The average molecular weight is 254 g/mol. The fourth-order valence-electron chi connectivity index (χ4n) is 2.15. The predicted octanol–water partition coefficient (Wildman–Crippen LogP) is 4.81. The van der Waals surface area contributed by atoms with Gasteiger partial charge in [-0.2, -0.15) is 4.39 Å². The first-order valence-corrected chi connectivity index (χ1v) is 5.85. The van der Waals surface area contributed by atoms with Gasteiger partial charge in [0.15, 0.2) is 11.6 Å². The Morgan fingerprint density at radius 2 is 1.94 bits per heavy atom. The third-order valence-electron chi connectivity index (χ3n) is 3.29. The molecular formula is C15H20F2O. The fourth-order valence-corrected chi connectivity index (χ4v) is 2.15. The van der Waals surface area contributed by atoms with E-state index < -0.39 is 11.6 Å². The Morgan fingerprint density at radius 3 is 2.50 bits per heavy atom. The van der Waals surface area contributed by atoms with E-state index in [1.807, 2.05) is 6.08 Å². The molecule has 1 atom stereocenters. The molecule has 0 aliphatic heterocycles. The Labute approximate surface area is 107 Å². The van der Waals surface area contributed by atoms with Gasteiger partial charge in [-0.25, -0.2) is 4.39 Å². The molecule has 1 unspecified atom stereocenters. The van der Waals surface area contributed by atoms with E-state index in [0.717, 1.165) is 24.8 Å². The van der Waals surface area contributed by atoms with Gasteiger partial charge in [-0.15, -0.1) is 0 Å². The predicted molar refractivity (Wildman–Crippen MR) is 70.6 cm³/mol. The topological polar surface area (TPSA) is 9.23 Å². The van der Waals surface area contributed by atoms with Crippen molar-refractivity contribution in [3.05, 3.63) is 35.4 Å².